The van der Waals surface area contributed by atoms with Gasteiger partial charge in [-0.05, 0) is 49.0 Å². The van der Waals surface area contributed by atoms with E-state index in [0.29, 0.717) is 5.41 Å². The normalized spacial score (nSPS) is 28.2. The molecule has 0 radical (unpaired) electrons. The fourth-order valence-corrected chi connectivity index (χ4v) is 2.80. The minimum Gasteiger partial charge on any atom is -0.305 e. The molecule has 0 amide bonds. The van der Waals surface area contributed by atoms with E-state index in [9.17, 15) is 0 Å². The van der Waals surface area contributed by atoms with E-state index in [-0.39, 0.29) is 0 Å². The SMILES string of the molecule is CC(C)(C)C1CCC2=C(CCC2=N)C1. The van der Waals surface area contributed by atoms with Crippen molar-refractivity contribution < 1.29 is 0 Å². The van der Waals surface area contributed by atoms with E-state index in [0.717, 1.165) is 18.1 Å². The first kappa shape index (κ1) is 9.95. The lowest BCUT2D eigenvalue weighted by molar-refractivity contribution is 0.216. The maximum atomic E-state index is 7.84. The summed E-state index contributed by atoms with van der Waals surface area (Å²) in [7, 11) is 0. The van der Waals surface area contributed by atoms with Crippen molar-refractivity contribution in [2.45, 2.75) is 52.9 Å². The molecule has 2 aliphatic rings. The van der Waals surface area contributed by atoms with Gasteiger partial charge in [0.2, 0.25) is 0 Å². The summed E-state index contributed by atoms with van der Waals surface area (Å²) >= 11 is 0. The van der Waals surface area contributed by atoms with Gasteiger partial charge in [0, 0.05) is 5.71 Å². The van der Waals surface area contributed by atoms with Crippen molar-refractivity contribution in [1.29, 1.82) is 5.41 Å². The number of rotatable bonds is 0. The highest BCUT2D eigenvalue weighted by Gasteiger charge is 2.32. The molecule has 0 aromatic heterocycles. The Hall–Kier alpha value is -0.590. The van der Waals surface area contributed by atoms with Gasteiger partial charge >= 0.3 is 0 Å². The molecule has 1 nitrogen and oxygen atoms in total. The van der Waals surface area contributed by atoms with Crippen molar-refractivity contribution in [2.24, 2.45) is 11.3 Å². The van der Waals surface area contributed by atoms with Gasteiger partial charge in [0.25, 0.3) is 0 Å². The van der Waals surface area contributed by atoms with Crippen LogP contribution >= 0.6 is 0 Å². The van der Waals surface area contributed by atoms with Crippen molar-refractivity contribution in [3.05, 3.63) is 11.1 Å². The van der Waals surface area contributed by atoms with Gasteiger partial charge in [-0.1, -0.05) is 26.3 Å². The van der Waals surface area contributed by atoms with Crippen molar-refractivity contribution in [1.82, 2.24) is 0 Å². The molecule has 0 heterocycles. The molecule has 1 atom stereocenters. The maximum absolute atomic E-state index is 7.84. The van der Waals surface area contributed by atoms with Crippen LogP contribution < -0.4 is 0 Å². The van der Waals surface area contributed by atoms with Gasteiger partial charge in [-0.25, -0.2) is 0 Å². The molecule has 78 valence electrons. The van der Waals surface area contributed by atoms with Crippen LogP contribution in [-0.4, -0.2) is 5.71 Å². The molecule has 0 aromatic rings. The van der Waals surface area contributed by atoms with Crippen LogP contribution in [0.1, 0.15) is 52.9 Å². The molecule has 0 saturated carbocycles. The smallest absolute Gasteiger partial charge is 0.0348 e. The second kappa shape index (κ2) is 3.22. The number of hydrogen-bond donors (Lipinski definition) is 1. The van der Waals surface area contributed by atoms with E-state index in [1.807, 2.05) is 0 Å². The Balaban J connectivity index is 2.15. The highest BCUT2D eigenvalue weighted by Crippen LogP contribution is 2.44. The fourth-order valence-electron chi connectivity index (χ4n) is 2.80. The predicted molar refractivity (Wildman–Crippen MR) is 60.8 cm³/mol. The summed E-state index contributed by atoms with van der Waals surface area (Å²) in [5.41, 5.74) is 4.42. The molecule has 14 heavy (non-hydrogen) atoms. The number of allylic oxidation sites excluding steroid dienone is 2. The third-order valence-corrected chi connectivity index (χ3v) is 3.93. The summed E-state index contributed by atoms with van der Waals surface area (Å²) in [4.78, 5) is 0. The predicted octanol–water partition coefficient (Wildman–Crippen LogP) is 3.94. The van der Waals surface area contributed by atoms with E-state index in [4.69, 9.17) is 5.41 Å². The van der Waals surface area contributed by atoms with E-state index in [1.165, 1.54) is 31.3 Å². The quantitative estimate of drug-likeness (QED) is 0.599. The monoisotopic (exact) mass is 191 g/mol. The second-order valence-corrected chi connectivity index (χ2v) is 5.87. The molecule has 1 N–H and O–H groups in total. The molecule has 2 rings (SSSR count). The zero-order valence-corrected chi connectivity index (χ0v) is 9.61. The molecule has 0 aromatic carbocycles. The average molecular weight is 191 g/mol. The van der Waals surface area contributed by atoms with Gasteiger partial charge in [-0.2, -0.15) is 0 Å². The van der Waals surface area contributed by atoms with Crippen LogP contribution in [0.15, 0.2) is 11.1 Å². The lowest BCUT2D eigenvalue weighted by Gasteiger charge is -2.34. The molecular weight excluding hydrogens is 170 g/mol. The van der Waals surface area contributed by atoms with Gasteiger partial charge in [-0.15, -0.1) is 0 Å². The third kappa shape index (κ3) is 1.65. The Morgan fingerprint density at radius 3 is 2.50 bits per heavy atom. The van der Waals surface area contributed by atoms with E-state index < -0.39 is 0 Å². The summed E-state index contributed by atoms with van der Waals surface area (Å²) in [5, 5.41) is 7.84. The zero-order chi connectivity index (χ0) is 10.3. The van der Waals surface area contributed by atoms with Crippen LogP contribution in [0.5, 0.6) is 0 Å². The molecule has 1 heteroatoms. The molecule has 0 fully saturated rings. The van der Waals surface area contributed by atoms with Crippen LogP contribution in [0, 0.1) is 16.7 Å². The Labute approximate surface area is 87.1 Å². The Kier molecular flexibility index (Phi) is 2.29. The molecule has 0 aliphatic heterocycles. The Morgan fingerprint density at radius 1 is 1.14 bits per heavy atom. The number of hydrogen-bond acceptors (Lipinski definition) is 1. The summed E-state index contributed by atoms with van der Waals surface area (Å²) < 4.78 is 0. The standard InChI is InChI=1S/C13H21N/c1-13(2,3)10-5-6-11-9(8-10)4-7-12(11)14/h10,14H,4-8H2,1-3H3. The third-order valence-electron chi connectivity index (χ3n) is 3.93. The fraction of sp³-hybridized carbons (Fsp3) is 0.769. The molecule has 2 aliphatic carbocycles. The molecular formula is C13H21N. The van der Waals surface area contributed by atoms with Crippen molar-refractivity contribution in [2.75, 3.05) is 0 Å². The largest absolute Gasteiger partial charge is 0.305 e. The van der Waals surface area contributed by atoms with Crippen molar-refractivity contribution >= 4 is 5.71 Å². The van der Waals surface area contributed by atoms with Crippen LogP contribution in [0.3, 0.4) is 0 Å². The minimum absolute atomic E-state index is 0.448. The second-order valence-electron chi connectivity index (χ2n) is 5.87. The first-order chi connectivity index (χ1) is 6.48. The van der Waals surface area contributed by atoms with E-state index in [2.05, 4.69) is 20.8 Å². The summed E-state index contributed by atoms with van der Waals surface area (Å²) in [5.74, 6) is 0.840. The maximum Gasteiger partial charge on any atom is 0.0348 e. The summed E-state index contributed by atoms with van der Waals surface area (Å²) in [6, 6.07) is 0. The average Bonchev–Trinajstić information content (AvgIpc) is 2.46. The van der Waals surface area contributed by atoms with Crippen LogP contribution in [-0.2, 0) is 0 Å². The molecule has 0 saturated heterocycles. The number of nitrogens with one attached hydrogen (secondary N) is 1. The highest BCUT2D eigenvalue weighted by atomic mass is 14.5. The summed E-state index contributed by atoms with van der Waals surface area (Å²) in [6.07, 6.45) is 5.93. The summed E-state index contributed by atoms with van der Waals surface area (Å²) in [6.45, 7) is 7.05. The minimum atomic E-state index is 0.448. The van der Waals surface area contributed by atoms with Gasteiger partial charge in [0.15, 0.2) is 0 Å². The zero-order valence-electron chi connectivity index (χ0n) is 9.61. The lowest BCUT2D eigenvalue weighted by Crippen LogP contribution is -2.24. The van der Waals surface area contributed by atoms with Crippen LogP contribution in [0.4, 0.5) is 0 Å². The van der Waals surface area contributed by atoms with Gasteiger partial charge in [-0.3, -0.25) is 0 Å². The first-order valence-corrected chi connectivity index (χ1v) is 5.77. The van der Waals surface area contributed by atoms with E-state index >= 15 is 0 Å². The van der Waals surface area contributed by atoms with Crippen molar-refractivity contribution in [3.63, 3.8) is 0 Å². The van der Waals surface area contributed by atoms with Crippen LogP contribution in [0.2, 0.25) is 0 Å². The molecule has 0 spiro atoms. The van der Waals surface area contributed by atoms with Gasteiger partial charge < -0.3 is 5.41 Å². The lowest BCUT2D eigenvalue weighted by atomic mass is 9.71. The first-order valence-electron chi connectivity index (χ1n) is 5.77. The molecule has 0 bridgehead atoms. The molecule has 1 unspecified atom stereocenters. The van der Waals surface area contributed by atoms with Gasteiger partial charge in [0.05, 0.1) is 0 Å². The van der Waals surface area contributed by atoms with Crippen LogP contribution in [0.25, 0.3) is 0 Å². The van der Waals surface area contributed by atoms with Gasteiger partial charge in [0.1, 0.15) is 0 Å². The Morgan fingerprint density at radius 2 is 1.86 bits per heavy atom. The highest BCUT2D eigenvalue weighted by molar-refractivity contribution is 6.01. The van der Waals surface area contributed by atoms with E-state index in [1.54, 1.807) is 5.57 Å². The van der Waals surface area contributed by atoms with Crippen molar-refractivity contribution in [3.8, 4) is 0 Å². The Bertz CT molecular complexity index is 291. The topological polar surface area (TPSA) is 23.9 Å².